The van der Waals surface area contributed by atoms with E-state index in [4.69, 9.17) is 0 Å². The summed E-state index contributed by atoms with van der Waals surface area (Å²) in [6.07, 6.45) is -4.75. The first-order valence-electron chi connectivity index (χ1n) is 6.53. The zero-order chi connectivity index (χ0) is 16.2. The summed E-state index contributed by atoms with van der Waals surface area (Å²) in [6.45, 7) is 0.233. The number of amides is 1. The van der Waals surface area contributed by atoms with Crippen LogP contribution in [0.2, 0.25) is 0 Å². The van der Waals surface area contributed by atoms with Gasteiger partial charge in [-0.25, -0.2) is 0 Å². The Morgan fingerprint density at radius 1 is 1.23 bits per heavy atom. The third-order valence-electron chi connectivity index (χ3n) is 3.11. The topological polar surface area (TPSA) is 49.3 Å². The molecule has 0 radical (unpaired) electrons. The lowest BCUT2D eigenvalue weighted by molar-refractivity contribution is -0.137. The van der Waals surface area contributed by atoms with Gasteiger partial charge in [-0.2, -0.15) is 24.5 Å². The zero-order valence-electron chi connectivity index (χ0n) is 11.4. The minimum Gasteiger partial charge on any atom is -0.388 e. The molecular formula is C15H14F3NO2S. The number of rotatable bonds is 5. The fourth-order valence-corrected chi connectivity index (χ4v) is 2.57. The van der Waals surface area contributed by atoms with E-state index in [1.807, 2.05) is 10.8 Å². The highest BCUT2D eigenvalue weighted by Crippen LogP contribution is 2.29. The Labute approximate surface area is 129 Å². The minimum atomic E-state index is -4.42. The van der Waals surface area contributed by atoms with Crippen LogP contribution in [0, 0.1) is 0 Å². The van der Waals surface area contributed by atoms with Crippen LogP contribution in [0.5, 0.6) is 0 Å². The van der Waals surface area contributed by atoms with Crippen molar-refractivity contribution in [1.82, 2.24) is 5.32 Å². The van der Waals surface area contributed by atoms with Crippen LogP contribution in [0.25, 0.3) is 0 Å². The van der Waals surface area contributed by atoms with E-state index in [2.05, 4.69) is 5.32 Å². The summed E-state index contributed by atoms with van der Waals surface area (Å²) in [5.74, 6) is -0.466. The number of nitrogens with one attached hydrogen (secondary N) is 1. The van der Waals surface area contributed by atoms with Crippen molar-refractivity contribution in [3.63, 3.8) is 0 Å². The Morgan fingerprint density at radius 2 is 1.91 bits per heavy atom. The summed E-state index contributed by atoms with van der Waals surface area (Å²) in [4.78, 5) is 11.8. The van der Waals surface area contributed by atoms with Crippen LogP contribution in [-0.4, -0.2) is 17.6 Å². The molecule has 1 aromatic carbocycles. The van der Waals surface area contributed by atoms with Crippen LogP contribution in [0.4, 0.5) is 13.2 Å². The van der Waals surface area contributed by atoms with Crippen molar-refractivity contribution in [3.05, 3.63) is 57.8 Å². The van der Waals surface area contributed by atoms with Gasteiger partial charge >= 0.3 is 6.18 Å². The maximum absolute atomic E-state index is 12.4. The van der Waals surface area contributed by atoms with Crippen molar-refractivity contribution in [2.75, 3.05) is 6.54 Å². The molecule has 1 unspecified atom stereocenters. The van der Waals surface area contributed by atoms with Crippen LogP contribution < -0.4 is 5.32 Å². The molecule has 1 heterocycles. The van der Waals surface area contributed by atoms with E-state index < -0.39 is 23.8 Å². The van der Waals surface area contributed by atoms with Crippen LogP contribution in [0.15, 0.2) is 41.1 Å². The average molecular weight is 329 g/mol. The lowest BCUT2D eigenvalue weighted by Crippen LogP contribution is -2.25. The van der Waals surface area contributed by atoms with Gasteiger partial charge in [0.2, 0.25) is 0 Å². The summed E-state index contributed by atoms with van der Waals surface area (Å²) in [5.41, 5.74) is 0.142. The van der Waals surface area contributed by atoms with Crippen LogP contribution in [-0.2, 0) is 6.18 Å². The zero-order valence-corrected chi connectivity index (χ0v) is 12.2. The molecule has 2 aromatic rings. The predicted octanol–water partition coefficient (Wildman–Crippen LogP) is 3.62. The summed E-state index contributed by atoms with van der Waals surface area (Å²) in [7, 11) is 0. The van der Waals surface area contributed by atoms with E-state index >= 15 is 0 Å². The van der Waals surface area contributed by atoms with Gasteiger partial charge in [-0.3, -0.25) is 4.79 Å². The fraction of sp³-hybridized carbons (Fsp3) is 0.267. The van der Waals surface area contributed by atoms with Crippen molar-refractivity contribution in [2.45, 2.75) is 18.7 Å². The van der Waals surface area contributed by atoms with Gasteiger partial charge in [0.15, 0.2) is 0 Å². The number of hydrogen-bond donors (Lipinski definition) is 2. The van der Waals surface area contributed by atoms with Crippen molar-refractivity contribution >= 4 is 17.2 Å². The molecular weight excluding hydrogens is 315 g/mol. The van der Waals surface area contributed by atoms with Gasteiger partial charge in [0.1, 0.15) is 0 Å². The standard InChI is InChI=1S/C15H14F3NO2S/c16-15(17,18)12-3-1-10(2-4-12)14(21)19-7-5-13(20)11-6-8-22-9-11/h1-4,6,8-9,13,20H,5,7H2,(H,19,21). The lowest BCUT2D eigenvalue weighted by Gasteiger charge is -2.11. The highest BCUT2D eigenvalue weighted by molar-refractivity contribution is 7.07. The molecule has 0 saturated heterocycles. The highest BCUT2D eigenvalue weighted by atomic mass is 32.1. The molecule has 0 fully saturated rings. The summed E-state index contributed by atoms with van der Waals surface area (Å²) < 4.78 is 37.3. The quantitative estimate of drug-likeness (QED) is 0.880. The number of aliphatic hydroxyl groups is 1. The number of aliphatic hydroxyl groups excluding tert-OH is 1. The molecule has 22 heavy (non-hydrogen) atoms. The maximum atomic E-state index is 12.4. The van der Waals surface area contributed by atoms with Gasteiger partial charge in [0.05, 0.1) is 11.7 Å². The largest absolute Gasteiger partial charge is 0.416 e. The second-order valence-electron chi connectivity index (χ2n) is 4.69. The SMILES string of the molecule is O=C(NCCC(O)c1ccsc1)c1ccc(C(F)(F)F)cc1. The number of carbonyl (C=O) groups excluding carboxylic acids is 1. The molecule has 3 nitrogen and oxygen atoms in total. The van der Waals surface area contributed by atoms with Crippen LogP contribution in [0.1, 0.15) is 34.0 Å². The van der Waals surface area contributed by atoms with Crippen molar-refractivity contribution in [3.8, 4) is 0 Å². The predicted molar refractivity (Wildman–Crippen MR) is 77.7 cm³/mol. The van der Waals surface area contributed by atoms with Gasteiger partial charge in [-0.1, -0.05) is 0 Å². The van der Waals surface area contributed by atoms with Crippen LogP contribution >= 0.6 is 11.3 Å². The van der Waals surface area contributed by atoms with Gasteiger partial charge in [0, 0.05) is 12.1 Å². The number of carbonyl (C=O) groups is 1. The molecule has 7 heteroatoms. The molecule has 1 aromatic heterocycles. The third-order valence-corrected chi connectivity index (χ3v) is 3.81. The first-order valence-corrected chi connectivity index (χ1v) is 7.48. The Kier molecular flexibility index (Phi) is 5.20. The molecule has 118 valence electrons. The summed E-state index contributed by atoms with van der Waals surface area (Å²) in [5, 5.41) is 16.1. The number of hydrogen-bond acceptors (Lipinski definition) is 3. The first-order chi connectivity index (χ1) is 10.4. The van der Waals surface area contributed by atoms with Gasteiger partial charge in [0.25, 0.3) is 5.91 Å². The Balaban J connectivity index is 1.85. The van der Waals surface area contributed by atoms with E-state index in [1.165, 1.54) is 11.3 Å². The number of benzene rings is 1. The van der Waals surface area contributed by atoms with E-state index in [0.29, 0.717) is 6.42 Å². The number of alkyl halides is 3. The molecule has 0 bridgehead atoms. The molecule has 0 aliphatic heterocycles. The molecule has 2 N–H and O–H groups in total. The van der Waals surface area contributed by atoms with Gasteiger partial charge in [-0.05, 0) is 53.1 Å². The second kappa shape index (κ2) is 6.93. The maximum Gasteiger partial charge on any atom is 0.416 e. The molecule has 0 aliphatic rings. The molecule has 0 saturated carbocycles. The van der Waals surface area contributed by atoms with E-state index in [0.717, 1.165) is 29.8 Å². The van der Waals surface area contributed by atoms with Crippen LogP contribution in [0.3, 0.4) is 0 Å². The third kappa shape index (κ3) is 4.32. The van der Waals surface area contributed by atoms with E-state index in [1.54, 1.807) is 6.07 Å². The Morgan fingerprint density at radius 3 is 2.45 bits per heavy atom. The van der Waals surface area contributed by atoms with Gasteiger partial charge < -0.3 is 10.4 Å². The van der Waals surface area contributed by atoms with Crippen molar-refractivity contribution < 1.29 is 23.1 Å². The molecule has 0 aliphatic carbocycles. The monoisotopic (exact) mass is 329 g/mol. The normalized spacial score (nSPS) is 12.9. The number of thiophene rings is 1. The fourth-order valence-electron chi connectivity index (χ4n) is 1.87. The number of halogens is 3. The highest BCUT2D eigenvalue weighted by Gasteiger charge is 2.30. The molecule has 1 amide bonds. The molecule has 2 rings (SSSR count). The minimum absolute atomic E-state index is 0.151. The molecule has 0 spiro atoms. The van der Waals surface area contributed by atoms with E-state index in [9.17, 15) is 23.1 Å². The van der Waals surface area contributed by atoms with E-state index in [-0.39, 0.29) is 12.1 Å². The summed E-state index contributed by atoms with van der Waals surface area (Å²) in [6, 6.07) is 5.80. The molecule has 1 atom stereocenters. The smallest absolute Gasteiger partial charge is 0.388 e. The van der Waals surface area contributed by atoms with Crippen molar-refractivity contribution in [1.29, 1.82) is 0 Å². The summed E-state index contributed by atoms with van der Waals surface area (Å²) >= 11 is 1.47. The van der Waals surface area contributed by atoms with Gasteiger partial charge in [-0.15, -0.1) is 0 Å². The Bertz CT molecular complexity index is 609. The average Bonchev–Trinajstić information content (AvgIpc) is 3.00. The Hall–Kier alpha value is -1.86. The first kappa shape index (κ1) is 16.5. The second-order valence-corrected chi connectivity index (χ2v) is 5.47. The lowest BCUT2D eigenvalue weighted by atomic mass is 10.1. The van der Waals surface area contributed by atoms with Crippen molar-refractivity contribution in [2.24, 2.45) is 0 Å².